The Morgan fingerprint density at radius 2 is 2.10 bits per heavy atom. The van der Waals surface area contributed by atoms with Crippen LogP contribution in [0.1, 0.15) is 37.8 Å². The zero-order valence-electron chi connectivity index (χ0n) is 12.4. The number of halogens is 2. The largest absolute Gasteiger partial charge is 0.310 e. The quantitative estimate of drug-likeness (QED) is 0.805. The van der Waals surface area contributed by atoms with Gasteiger partial charge in [0.25, 0.3) is 0 Å². The molecule has 0 radical (unpaired) electrons. The Morgan fingerprint density at radius 3 is 2.71 bits per heavy atom. The van der Waals surface area contributed by atoms with Gasteiger partial charge in [-0.2, -0.15) is 0 Å². The second-order valence-electron chi connectivity index (χ2n) is 5.16. The molecule has 0 saturated carbocycles. The third-order valence-corrected chi connectivity index (χ3v) is 4.55. The van der Waals surface area contributed by atoms with Gasteiger partial charge in [0.05, 0.1) is 15.7 Å². The van der Waals surface area contributed by atoms with Crippen molar-refractivity contribution < 1.29 is 0 Å². The van der Waals surface area contributed by atoms with Crippen molar-refractivity contribution in [2.75, 3.05) is 0 Å². The van der Waals surface area contributed by atoms with Crippen molar-refractivity contribution in [3.05, 3.63) is 32.9 Å². The van der Waals surface area contributed by atoms with Gasteiger partial charge in [0.15, 0.2) is 0 Å². The molecule has 21 heavy (non-hydrogen) atoms. The van der Waals surface area contributed by atoms with Crippen LogP contribution in [0.3, 0.4) is 0 Å². The number of pyridine rings is 1. The summed E-state index contributed by atoms with van der Waals surface area (Å²) in [7, 11) is 0. The van der Waals surface area contributed by atoms with Gasteiger partial charge in [0.2, 0.25) is 0 Å². The smallest absolute Gasteiger partial charge is 0.143 e. The van der Waals surface area contributed by atoms with Gasteiger partial charge in [-0.05, 0) is 12.5 Å². The van der Waals surface area contributed by atoms with Crippen LogP contribution in [0.15, 0.2) is 12.3 Å². The average molecular weight is 344 g/mol. The first-order chi connectivity index (χ1) is 10.0. The van der Waals surface area contributed by atoms with E-state index in [1.807, 2.05) is 0 Å². The van der Waals surface area contributed by atoms with Gasteiger partial charge in [-0.3, -0.25) is 4.98 Å². The molecule has 2 aromatic heterocycles. The molecule has 0 unspecified atom stereocenters. The molecule has 0 amide bonds. The Kier molecular flexibility index (Phi) is 5.99. The number of thiazole rings is 1. The molecule has 0 fully saturated rings. The Bertz CT molecular complexity index is 611. The van der Waals surface area contributed by atoms with Crippen LogP contribution in [-0.4, -0.2) is 16.0 Å². The lowest BCUT2D eigenvalue weighted by atomic mass is 10.2. The molecule has 114 valence electrons. The van der Waals surface area contributed by atoms with Gasteiger partial charge in [-0.1, -0.05) is 50.4 Å². The Morgan fingerprint density at radius 1 is 1.33 bits per heavy atom. The molecular formula is C15H19Cl2N3S. The maximum absolute atomic E-state index is 6.23. The lowest BCUT2D eigenvalue weighted by molar-refractivity contribution is 0.589. The molecule has 0 spiro atoms. The zero-order valence-corrected chi connectivity index (χ0v) is 14.7. The van der Waals surface area contributed by atoms with Crippen LogP contribution in [0, 0.1) is 0 Å². The van der Waals surface area contributed by atoms with Gasteiger partial charge in [0.1, 0.15) is 10.7 Å². The van der Waals surface area contributed by atoms with Crippen LogP contribution in [-0.2, 0) is 13.0 Å². The molecule has 2 heterocycles. The fourth-order valence-corrected chi connectivity index (χ4v) is 3.52. The summed E-state index contributed by atoms with van der Waals surface area (Å²) in [5.41, 5.74) is 1.85. The van der Waals surface area contributed by atoms with E-state index < -0.39 is 0 Å². The Balaban J connectivity index is 2.33. The van der Waals surface area contributed by atoms with Crippen LogP contribution in [0.2, 0.25) is 10.0 Å². The number of hydrogen-bond acceptors (Lipinski definition) is 4. The summed E-state index contributed by atoms with van der Waals surface area (Å²) in [6.07, 6.45) is 3.64. The number of aromatic nitrogens is 2. The molecule has 0 atom stereocenters. The number of nitrogens with zero attached hydrogens (tertiary/aromatic N) is 2. The van der Waals surface area contributed by atoms with E-state index in [1.54, 1.807) is 23.6 Å². The summed E-state index contributed by atoms with van der Waals surface area (Å²) in [5.74, 6) is 0. The summed E-state index contributed by atoms with van der Waals surface area (Å²) in [4.78, 5) is 10.3. The first-order valence-electron chi connectivity index (χ1n) is 7.04. The van der Waals surface area contributed by atoms with Crippen LogP contribution >= 0.6 is 34.5 Å². The van der Waals surface area contributed by atoms with E-state index in [2.05, 4.69) is 31.1 Å². The second kappa shape index (κ2) is 7.54. The van der Waals surface area contributed by atoms with Crippen molar-refractivity contribution in [2.45, 2.75) is 46.2 Å². The highest BCUT2D eigenvalue weighted by Gasteiger charge is 2.15. The summed E-state index contributed by atoms with van der Waals surface area (Å²) < 4.78 is 0. The average Bonchev–Trinajstić information content (AvgIpc) is 2.80. The topological polar surface area (TPSA) is 37.8 Å². The predicted molar refractivity (Wildman–Crippen MR) is 91.3 cm³/mol. The first kappa shape index (κ1) is 16.7. The minimum absolute atomic E-state index is 0.447. The van der Waals surface area contributed by atoms with Crippen LogP contribution in [0.5, 0.6) is 0 Å². The first-order valence-corrected chi connectivity index (χ1v) is 8.61. The van der Waals surface area contributed by atoms with Gasteiger partial charge in [-0.15, -0.1) is 11.3 Å². The highest BCUT2D eigenvalue weighted by atomic mass is 35.5. The van der Waals surface area contributed by atoms with Gasteiger partial charge in [-0.25, -0.2) is 4.98 Å². The minimum atomic E-state index is 0.447. The number of hydrogen-bond donors (Lipinski definition) is 1. The fourth-order valence-electron chi connectivity index (χ4n) is 1.92. The molecule has 2 aromatic rings. The van der Waals surface area contributed by atoms with Crippen LogP contribution in [0.4, 0.5) is 0 Å². The molecule has 0 aliphatic carbocycles. The lowest BCUT2D eigenvalue weighted by Gasteiger charge is -2.07. The number of nitrogens with one attached hydrogen (secondary N) is 1. The molecule has 1 N–H and O–H groups in total. The molecule has 2 rings (SSSR count). The van der Waals surface area contributed by atoms with E-state index in [9.17, 15) is 0 Å². The second-order valence-corrected chi connectivity index (χ2v) is 7.09. The molecule has 0 aliphatic rings. The van der Waals surface area contributed by atoms with E-state index in [0.717, 1.165) is 30.1 Å². The van der Waals surface area contributed by atoms with Crippen molar-refractivity contribution in [3.63, 3.8) is 0 Å². The van der Waals surface area contributed by atoms with Crippen LogP contribution in [0.25, 0.3) is 10.7 Å². The van der Waals surface area contributed by atoms with Crippen molar-refractivity contribution >= 4 is 34.5 Å². The molecule has 0 bridgehead atoms. The fraction of sp³-hybridized carbons (Fsp3) is 0.467. The minimum Gasteiger partial charge on any atom is -0.310 e. The summed E-state index contributed by atoms with van der Waals surface area (Å²) in [6, 6.07) is 2.15. The van der Waals surface area contributed by atoms with Gasteiger partial charge < -0.3 is 5.32 Å². The normalized spacial score (nSPS) is 11.3. The molecule has 0 aliphatic heterocycles. The third kappa shape index (κ3) is 4.39. The summed E-state index contributed by atoms with van der Waals surface area (Å²) >= 11 is 13.8. The van der Waals surface area contributed by atoms with Crippen LogP contribution < -0.4 is 5.32 Å². The SMILES string of the molecule is CCCc1nc(-c2ncc(Cl)cc2Cl)sc1CNC(C)C. The van der Waals surface area contributed by atoms with Crippen molar-refractivity contribution in [1.82, 2.24) is 15.3 Å². The monoisotopic (exact) mass is 343 g/mol. The van der Waals surface area contributed by atoms with Gasteiger partial charge in [0, 0.05) is 23.7 Å². The molecular weight excluding hydrogens is 325 g/mol. The molecule has 6 heteroatoms. The number of aryl methyl sites for hydroxylation is 1. The molecule has 0 saturated heterocycles. The lowest BCUT2D eigenvalue weighted by Crippen LogP contribution is -2.21. The van der Waals surface area contributed by atoms with E-state index in [0.29, 0.717) is 21.8 Å². The predicted octanol–water partition coefficient (Wildman–Crippen LogP) is 4.96. The van der Waals surface area contributed by atoms with Crippen molar-refractivity contribution in [1.29, 1.82) is 0 Å². The molecule has 3 nitrogen and oxygen atoms in total. The van der Waals surface area contributed by atoms with E-state index in [-0.39, 0.29) is 0 Å². The van der Waals surface area contributed by atoms with E-state index >= 15 is 0 Å². The van der Waals surface area contributed by atoms with Crippen molar-refractivity contribution in [3.8, 4) is 10.7 Å². The standard InChI is InChI=1S/C15H19Cl2N3S/c1-4-5-12-13(8-18-9(2)3)21-15(20-12)14-11(17)6-10(16)7-19-14/h6-7,9,18H,4-5,8H2,1-3H3. The van der Waals surface area contributed by atoms with Gasteiger partial charge >= 0.3 is 0 Å². The number of rotatable bonds is 6. The zero-order chi connectivity index (χ0) is 15.4. The van der Waals surface area contributed by atoms with E-state index in [1.165, 1.54) is 4.88 Å². The highest BCUT2D eigenvalue weighted by Crippen LogP contribution is 2.33. The Hall–Kier alpha value is -0.680. The Labute approximate surface area is 139 Å². The summed E-state index contributed by atoms with van der Waals surface area (Å²) in [6.45, 7) is 7.26. The van der Waals surface area contributed by atoms with Crippen molar-refractivity contribution in [2.24, 2.45) is 0 Å². The maximum atomic E-state index is 6.23. The third-order valence-electron chi connectivity index (χ3n) is 2.95. The highest BCUT2D eigenvalue weighted by molar-refractivity contribution is 7.15. The maximum Gasteiger partial charge on any atom is 0.143 e. The summed E-state index contributed by atoms with van der Waals surface area (Å²) in [5, 5.41) is 5.39. The van der Waals surface area contributed by atoms with E-state index in [4.69, 9.17) is 28.2 Å². The molecule has 0 aromatic carbocycles.